The van der Waals surface area contributed by atoms with E-state index in [9.17, 15) is 0 Å². The highest BCUT2D eigenvalue weighted by atomic mass is 15.3. The molecule has 0 atom stereocenters. The fourth-order valence-electron chi connectivity index (χ4n) is 2.36. The van der Waals surface area contributed by atoms with Crippen molar-refractivity contribution in [2.45, 2.75) is 25.2 Å². The van der Waals surface area contributed by atoms with Crippen LogP contribution >= 0.6 is 0 Å². The predicted molar refractivity (Wildman–Crippen MR) is 60.2 cm³/mol. The van der Waals surface area contributed by atoms with E-state index in [1.165, 1.54) is 0 Å². The first-order valence-electron chi connectivity index (χ1n) is 5.66. The third kappa shape index (κ3) is 1.39. The second-order valence-corrected chi connectivity index (χ2v) is 4.64. The van der Waals surface area contributed by atoms with E-state index in [2.05, 4.69) is 27.4 Å². The van der Waals surface area contributed by atoms with Crippen LogP contribution in [0.5, 0.6) is 0 Å². The maximum atomic E-state index is 4.34. The highest BCUT2D eigenvalue weighted by Gasteiger charge is 2.33. The van der Waals surface area contributed by atoms with Crippen molar-refractivity contribution in [3.63, 3.8) is 0 Å². The molecule has 0 spiro atoms. The molecule has 2 aromatic rings. The Morgan fingerprint density at radius 2 is 2.12 bits per heavy atom. The van der Waals surface area contributed by atoms with Crippen molar-refractivity contribution < 1.29 is 0 Å². The van der Waals surface area contributed by atoms with Crippen molar-refractivity contribution in [3.05, 3.63) is 24.4 Å². The van der Waals surface area contributed by atoms with Gasteiger partial charge in [-0.05, 0) is 25.9 Å². The van der Waals surface area contributed by atoms with Crippen LogP contribution in [0, 0.1) is 0 Å². The van der Waals surface area contributed by atoms with Crippen LogP contribution < -0.4 is 5.32 Å². The zero-order valence-corrected chi connectivity index (χ0v) is 9.35. The van der Waals surface area contributed by atoms with E-state index in [1.54, 1.807) is 12.5 Å². The van der Waals surface area contributed by atoms with E-state index in [4.69, 9.17) is 0 Å². The third-order valence-electron chi connectivity index (χ3n) is 3.46. The Balaban J connectivity index is 2.11. The minimum absolute atomic E-state index is 0.119. The molecule has 1 N–H and O–H groups in total. The second-order valence-electron chi connectivity index (χ2n) is 4.64. The first kappa shape index (κ1) is 9.72. The molecule has 1 saturated heterocycles. The van der Waals surface area contributed by atoms with Crippen molar-refractivity contribution >= 4 is 5.65 Å². The van der Waals surface area contributed by atoms with Gasteiger partial charge < -0.3 is 5.32 Å². The van der Waals surface area contributed by atoms with Gasteiger partial charge in [-0.2, -0.15) is 0 Å². The number of piperidine rings is 1. The summed E-state index contributed by atoms with van der Waals surface area (Å²) in [6.07, 6.45) is 5.75. The zero-order chi connectivity index (χ0) is 11.0. The minimum Gasteiger partial charge on any atom is -0.317 e. The van der Waals surface area contributed by atoms with Gasteiger partial charge in [0.2, 0.25) is 0 Å². The van der Waals surface area contributed by atoms with Crippen LogP contribution in [0.1, 0.15) is 25.6 Å². The average Bonchev–Trinajstić information content (AvgIpc) is 2.74. The van der Waals surface area contributed by atoms with E-state index in [0.29, 0.717) is 0 Å². The Morgan fingerprint density at radius 3 is 2.94 bits per heavy atom. The topological polar surface area (TPSA) is 55.1 Å². The fourth-order valence-corrected chi connectivity index (χ4v) is 2.36. The van der Waals surface area contributed by atoms with Gasteiger partial charge in [0.25, 0.3) is 0 Å². The van der Waals surface area contributed by atoms with Crippen LogP contribution in [-0.4, -0.2) is 32.7 Å². The first-order chi connectivity index (χ1) is 7.80. The molecule has 0 radical (unpaired) electrons. The number of nitrogens with one attached hydrogen (secondary N) is 1. The molecular formula is C11H15N5. The average molecular weight is 217 g/mol. The highest BCUT2D eigenvalue weighted by Crippen LogP contribution is 2.31. The molecule has 0 amide bonds. The summed E-state index contributed by atoms with van der Waals surface area (Å²) in [5.74, 6) is 1.04. The number of nitrogens with zero attached hydrogens (tertiary/aromatic N) is 4. The molecule has 0 bridgehead atoms. The minimum atomic E-state index is 0.119. The second kappa shape index (κ2) is 3.52. The summed E-state index contributed by atoms with van der Waals surface area (Å²) < 4.78 is 2.01. The molecule has 0 saturated carbocycles. The van der Waals surface area contributed by atoms with E-state index in [-0.39, 0.29) is 5.41 Å². The third-order valence-corrected chi connectivity index (χ3v) is 3.46. The number of rotatable bonds is 1. The predicted octanol–water partition coefficient (Wildman–Crippen LogP) is 0.765. The first-order valence-corrected chi connectivity index (χ1v) is 5.66. The van der Waals surface area contributed by atoms with Crippen molar-refractivity contribution in [2.75, 3.05) is 13.1 Å². The molecule has 5 heteroatoms. The molecule has 2 aromatic heterocycles. The molecule has 0 unspecified atom stereocenters. The molecule has 0 aliphatic carbocycles. The van der Waals surface area contributed by atoms with Crippen LogP contribution in [0.15, 0.2) is 18.6 Å². The Morgan fingerprint density at radius 1 is 1.31 bits per heavy atom. The summed E-state index contributed by atoms with van der Waals surface area (Å²) in [7, 11) is 0. The Bertz CT molecular complexity index is 498. The number of hydrogen-bond donors (Lipinski definition) is 1. The smallest absolute Gasteiger partial charge is 0.163 e. The van der Waals surface area contributed by atoms with Gasteiger partial charge in [0.1, 0.15) is 12.2 Å². The summed E-state index contributed by atoms with van der Waals surface area (Å²) in [6, 6.07) is 1.89. The van der Waals surface area contributed by atoms with Gasteiger partial charge in [-0.1, -0.05) is 6.92 Å². The maximum Gasteiger partial charge on any atom is 0.163 e. The molecule has 1 fully saturated rings. The molecule has 5 nitrogen and oxygen atoms in total. The van der Waals surface area contributed by atoms with Crippen LogP contribution in [0.2, 0.25) is 0 Å². The lowest BCUT2D eigenvalue weighted by Gasteiger charge is -2.32. The molecule has 16 heavy (non-hydrogen) atoms. The molecule has 84 valence electrons. The lowest BCUT2D eigenvalue weighted by molar-refractivity contribution is 0.316. The van der Waals surface area contributed by atoms with Crippen LogP contribution in [-0.2, 0) is 5.41 Å². The molecule has 3 rings (SSSR count). The van der Waals surface area contributed by atoms with Gasteiger partial charge in [-0.25, -0.2) is 4.98 Å². The summed E-state index contributed by atoms with van der Waals surface area (Å²) in [5, 5.41) is 11.9. The summed E-state index contributed by atoms with van der Waals surface area (Å²) >= 11 is 0. The zero-order valence-electron chi connectivity index (χ0n) is 9.35. The van der Waals surface area contributed by atoms with Crippen molar-refractivity contribution in [1.82, 2.24) is 24.9 Å². The SMILES string of the molecule is CC1(c2nnc3ccncn23)CCNCC1. The van der Waals surface area contributed by atoms with Gasteiger partial charge in [-0.3, -0.25) is 4.40 Å². The highest BCUT2D eigenvalue weighted by molar-refractivity contribution is 5.36. The largest absolute Gasteiger partial charge is 0.317 e. The lowest BCUT2D eigenvalue weighted by atomic mass is 9.80. The lowest BCUT2D eigenvalue weighted by Crippen LogP contribution is -2.39. The fraction of sp³-hybridized carbons (Fsp3) is 0.545. The molecule has 1 aliphatic heterocycles. The standard InChI is InChI=1S/C11H15N5/c1-11(3-6-12-7-4-11)10-15-14-9-2-5-13-8-16(9)10/h2,5,8,12H,3-4,6-7H2,1H3. The number of hydrogen-bond acceptors (Lipinski definition) is 4. The van der Waals surface area contributed by atoms with Gasteiger partial charge >= 0.3 is 0 Å². The van der Waals surface area contributed by atoms with Crippen LogP contribution in [0.4, 0.5) is 0 Å². The maximum absolute atomic E-state index is 4.34. The van der Waals surface area contributed by atoms with Gasteiger partial charge in [0.05, 0.1) is 0 Å². The summed E-state index contributed by atoms with van der Waals surface area (Å²) in [4.78, 5) is 4.14. The Hall–Kier alpha value is -1.49. The number of fused-ring (bicyclic) bond motifs is 1. The summed E-state index contributed by atoms with van der Waals surface area (Å²) in [6.45, 7) is 4.36. The molecular weight excluding hydrogens is 202 g/mol. The monoisotopic (exact) mass is 217 g/mol. The molecule has 3 heterocycles. The van der Waals surface area contributed by atoms with E-state index in [1.807, 2.05) is 10.5 Å². The van der Waals surface area contributed by atoms with Gasteiger partial charge in [0.15, 0.2) is 5.65 Å². The van der Waals surface area contributed by atoms with Crippen molar-refractivity contribution in [2.24, 2.45) is 0 Å². The van der Waals surface area contributed by atoms with E-state index >= 15 is 0 Å². The van der Waals surface area contributed by atoms with E-state index < -0.39 is 0 Å². The quantitative estimate of drug-likeness (QED) is 0.766. The van der Waals surface area contributed by atoms with Crippen LogP contribution in [0.25, 0.3) is 5.65 Å². The normalized spacial score (nSPS) is 20.1. The van der Waals surface area contributed by atoms with Crippen LogP contribution in [0.3, 0.4) is 0 Å². The van der Waals surface area contributed by atoms with Gasteiger partial charge in [0, 0.05) is 17.7 Å². The Labute approximate surface area is 93.9 Å². The van der Waals surface area contributed by atoms with E-state index in [0.717, 1.165) is 37.4 Å². The summed E-state index contributed by atoms with van der Waals surface area (Å²) in [5.41, 5.74) is 0.998. The Kier molecular flexibility index (Phi) is 2.14. The molecule has 0 aromatic carbocycles. The number of aromatic nitrogens is 4. The van der Waals surface area contributed by atoms with Crippen molar-refractivity contribution in [1.29, 1.82) is 0 Å². The van der Waals surface area contributed by atoms with Crippen molar-refractivity contribution in [3.8, 4) is 0 Å². The molecule has 1 aliphatic rings. The van der Waals surface area contributed by atoms with Gasteiger partial charge in [-0.15, -0.1) is 10.2 Å².